The first-order chi connectivity index (χ1) is 20.7. The monoisotopic (exact) mass is 602 g/mol. The molecule has 3 aromatic carbocycles. The minimum atomic E-state index is -4.48. The summed E-state index contributed by atoms with van der Waals surface area (Å²) in [7, 11) is -4.48. The summed E-state index contributed by atoms with van der Waals surface area (Å²) in [5.74, 6) is -1.62. The van der Waals surface area contributed by atoms with Crippen LogP contribution in [-0.4, -0.2) is 48.3 Å². The minimum absolute atomic E-state index is 0.155. The third kappa shape index (κ3) is 7.61. The number of benzene rings is 3. The van der Waals surface area contributed by atoms with Crippen LogP contribution in [0.3, 0.4) is 0 Å². The van der Waals surface area contributed by atoms with Crippen LogP contribution in [0, 0.1) is 5.92 Å². The van der Waals surface area contributed by atoms with Crippen LogP contribution >= 0.6 is 0 Å². The normalized spacial score (nSPS) is 19.0. The van der Waals surface area contributed by atoms with Gasteiger partial charge in [0.1, 0.15) is 6.10 Å². The second-order valence-electron chi connectivity index (χ2n) is 10.3. The van der Waals surface area contributed by atoms with Gasteiger partial charge in [0.15, 0.2) is 5.54 Å². The molecule has 43 heavy (non-hydrogen) atoms. The Labute approximate surface area is 251 Å². The molecule has 0 aromatic heterocycles. The molecule has 1 heterocycles. The van der Waals surface area contributed by atoms with Crippen LogP contribution in [0.1, 0.15) is 36.1 Å². The van der Waals surface area contributed by atoms with Gasteiger partial charge in [0.05, 0.1) is 0 Å². The Balaban J connectivity index is 1.57. The summed E-state index contributed by atoms with van der Waals surface area (Å²) < 4.78 is 36.1. The molecule has 1 aliphatic rings. The first-order valence-electron chi connectivity index (χ1n) is 13.8. The highest BCUT2D eigenvalue weighted by Crippen LogP contribution is 2.38. The van der Waals surface area contributed by atoms with Crippen LogP contribution in [0.25, 0.3) is 10.4 Å². The van der Waals surface area contributed by atoms with E-state index in [1.54, 1.807) is 31.2 Å². The fraction of sp³-hybridized carbons (Fsp3) is 0.290. The highest BCUT2D eigenvalue weighted by molar-refractivity contribution is 7.87. The number of hydrogen-bond acceptors (Lipinski definition) is 6. The van der Waals surface area contributed by atoms with Crippen LogP contribution in [0.15, 0.2) is 109 Å². The van der Waals surface area contributed by atoms with Crippen molar-refractivity contribution in [1.29, 1.82) is 0 Å². The van der Waals surface area contributed by atoms with Gasteiger partial charge in [0, 0.05) is 31.1 Å². The third-order valence-electron chi connectivity index (χ3n) is 7.37. The fourth-order valence-electron chi connectivity index (χ4n) is 5.08. The molecule has 1 N–H and O–H groups in total. The summed E-state index contributed by atoms with van der Waals surface area (Å²) >= 11 is 0. The van der Waals surface area contributed by atoms with Crippen molar-refractivity contribution in [3.63, 3.8) is 0 Å². The largest absolute Gasteiger partial charge is 0.457 e. The van der Waals surface area contributed by atoms with E-state index in [0.29, 0.717) is 0 Å². The van der Waals surface area contributed by atoms with Gasteiger partial charge in [-0.3, -0.25) is 4.79 Å². The third-order valence-corrected chi connectivity index (χ3v) is 8.76. The van der Waals surface area contributed by atoms with E-state index in [4.69, 9.17) is 4.74 Å². The van der Waals surface area contributed by atoms with Gasteiger partial charge in [0.25, 0.3) is 0 Å². The molecule has 2 amide bonds. The molecule has 3 atom stereocenters. The predicted octanol–water partition coefficient (Wildman–Crippen LogP) is 5.50. The van der Waals surface area contributed by atoms with Gasteiger partial charge in [0.2, 0.25) is 0 Å². The lowest BCUT2D eigenvalue weighted by Gasteiger charge is -2.28. The maximum atomic E-state index is 13.6. The Morgan fingerprint density at radius 1 is 1.07 bits per heavy atom. The highest BCUT2D eigenvalue weighted by Gasteiger charge is 2.56. The molecule has 0 unspecified atom stereocenters. The Hall–Kier alpha value is -4.64. The van der Waals surface area contributed by atoms with Crippen LogP contribution in [-0.2, 0) is 32.8 Å². The summed E-state index contributed by atoms with van der Waals surface area (Å²) in [6.45, 7) is 5.01. The molecule has 3 aromatic rings. The zero-order valence-electron chi connectivity index (χ0n) is 23.8. The van der Waals surface area contributed by atoms with Gasteiger partial charge in [-0.1, -0.05) is 102 Å². The molecule has 0 aliphatic carbocycles. The molecule has 1 saturated heterocycles. The lowest BCUT2D eigenvalue weighted by molar-refractivity contribution is -0.156. The van der Waals surface area contributed by atoms with Crippen molar-refractivity contribution in [1.82, 2.24) is 13.9 Å². The summed E-state index contributed by atoms with van der Waals surface area (Å²) in [5, 5.41) is 3.82. The molecule has 1 fully saturated rings. The molecule has 0 spiro atoms. The zero-order valence-corrected chi connectivity index (χ0v) is 24.6. The summed E-state index contributed by atoms with van der Waals surface area (Å²) in [6, 6.07) is 26.6. The predicted molar refractivity (Wildman–Crippen MR) is 162 cm³/mol. The number of allylic oxidation sites excluding steroid dienone is 1. The van der Waals surface area contributed by atoms with Crippen molar-refractivity contribution in [2.75, 3.05) is 13.1 Å². The number of carbonyl (C=O) groups is 2. The van der Waals surface area contributed by atoms with Gasteiger partial charge in [-0.05, 0) is 41.5 Å². The number of nitrogens with zero attached hydrogens (tertiary/aromatic N) is 5. The zero-order chi connectivity index (χ0) is 30.9. The average Bonchev–Trinajstić information content (AvgIpc) is 3.38. The van der Waals surface area contributed by atoms with Gasteiger partial charge >= 0.3 is 22.2 Å². The fourth-order valence-corrected chi connectivity index (χ4v) is 6.30. The van der Waals surface area contributed by atoms with Crippen LogP contribution < -0.4 is 4.72 Å². The topological polar surface area (TPSA) is 145 Å². The van der Waals surface area contributed by atoms with Crippen molar-refractivity contribution < 1.29 is 22.7 Å². The van der Waals surface area contributed by atoms with Gasteiger partial charge < -0.3 is 9.64 Å². The minimum Gasteiger partial charge on any atom is -0.457 e. The Bertz CT molecular complexity index is 1520. The molecule has 0 saturated carbocycles. The Morgan fingerprint density at radius 2 is 1.60 bits per heavy atom. The number of rotatable bonds is 12. The summed E-state index contributed by atoms with van der Waals surface area (Å²) in [5.41, 5.74) is 9.93. The van der Waals surface area contributed by atoms with Crippen molar-refractivity contribution >= 4 is 22.2 Å². The molecule has 0 bridgehead atoms. The van der Waals surface area contributed by atoms with Crippen molar-refractivity contribution in [2.24, 2.45) is 11.0 Å². The van der Waals surface area contributed by atoms with E-state index in [2.05, 4.69) is 21.3 Å². The summed E-state index contributed by atoms with van der Waals surface area (Å²) in [6.07, 6.45) is 1.01. The number of amides is 2. The highest BCUT2D eigenvalue weighted by atomic mass is 32.2. The Morgan fingerprint density at radius 3 is 2.12 bits per heavy atom. The number of azide groups is 1. The van der Waals surface area contributed by atoms with E-state index in [0.717, 1.165) is 21.0 Å². The van der Waals surface area contributed by atoms with E-state index in [1.165, 1.54) is 11.0 Å². The van der Waals surface area contributed by atoms with Gasteiger partial charge in [-0.2, -0.15) is 12.7 Å². The SMILES string of the molecule is C=CC[C@@H]1CN(S(=O)(=O)NC(=O)N(Cc2ccccc2)Cc2ccccc2)C[C@]1(N=[N+]=[N-])C(=O)O[C@H](C)c1ccccc1. The first-order valence-corrected chi connectivity index (χ1v) is 15.2. The van der Waals surface area contributed by atoms with Gasteiger partial charge in [-0.25, -0.2) is 9.52 Å². The quantitative estimate of drug-likeness (QED) is 0.0956. The first kappa shape index (κ1) is 31.3. The maximum Gasteiger partial charge on any atom is 0.332 e. The number of esters is 1. The number of ether oxygens (including phenoxy) is 1. The van der Waals surface area contributed by atoms with Crippen molar-refractivity contribution in [3.05, 3.63) is 131 Å². The lowest BCUT2D eigenvalue weighted by atomic mass is 9.85. The second kappa shape index (κ2) is 14.0. The molecule has 0 radical (unpaired) electrons. The Kier molecular flexibility index (Phi) is 10.2. The number of carbonyl (C=O) groups excluding carboxylic acids is 2. The molecular formula is C31H34N6O5S. The van der Waals surface area contributed by atoms with Crippen LogP contribution in [0.5, 0.6) is 0 Å². The van der Waals surface area contributed by atoms with E-state index in [1.807, 2.05) is 66.7 Å². The van der Waals surface area contributed by atoms with E-state index in [-0.39, 0.29) is 26.1 Å². The number of urea groups is 1. The number of hydrogen-bond donors (Lipinski definition) is 1. The van der Waals surface area contributed by atoms with Gasteiger partial charge in [-0.15, -0.1) is 6.58 Å². The maximum absolute atomic E-state index is 13.6. The van der Waals surface area contributed by atoms with E-state index in [9.17, 15) is 23.5 Å². The molecule has 11 nitrogen and oxygen atoms in total. The second-order valence-corrected chi connectivity index (χ2v) is 12.0. The lowest BCUT2D eigenvalue weighted by Crippen LogP contribution is -2.50. The standard InChI is InChI=1S/C31H34N6O5S/c1-3-13-28-22-37(23-31(28,34-35-32)29(38)42-24(2)27-18-11-6-12-19-27)43(40,41)33-30(39)36(20-25-14-7-4-8-15-25)21-26-16-9-5-10-17-26/h3-12,14-19,24,28H,1,13,20-23H2,2H3,(H,33,39)/t24-,28-,31-/m1/s1. The summed E-state index contributed by atoms with van der Waals surface area (Å²) in [4.78, 5) is 31.4. The molecular weight excluding hydrogens is 568 g/mol. The molecule has 224 valence electrons. The smallest absolute Gasteiger partial charge is 0.332 e. The van der Waals surface area contributed by atoms with Crippen molar-refractivity contribution in [3.8, 4) is 0 Å². The number of nitrogens with one attached hydrogen (secondary N) is 1. The van der Waals surface area contributed by atoms with Crippen molar-refractivity contribution in [2.45, 2.75) is 38.1 Å². The molecule has 4 rings (SSSR count). The van der Waals surface area contributed by atoms with E-state index < -0.39 is 46.3 Å². The average molecular weight is 603 g/mol. The van der Waals surface area contributed by atoms with Crippen LogP contribution in [0.2, 0.25) is 0 Å². The van der Waals surface area contributed by atoms with E-state index >= 15 is 0 Å². The molecule has 12 heteroatoms. The van der Waals surface area contributed by atoms with Crippen LogP contribution in [0.4, 0.5) is 4.79 Å². The molecule has 1 aliphatic heterocycles.